The number of anilines is 1. The van der Waals surface area contributed by atoms with Gasteiger partial charge in [0.15, 0.2) is 5.56 Å². The van der Waals surface area contributed by atoms with Crippen molar-refractivity contribution in [3.05, 3.63) is 15.9 Å². The molecular weight excluding hydrogens is 202 g/mol. The monoisotopic (exact) mass is 213 g/mol. The molecule has 0 amide bonds. The standard InChI is InChI=1S/C8H11N3O2S/c1-5(4-13-2)10-8-6(3-9)7(12)11-14-8/h5,10H,4H2,1-2H3,(H,11,12). The van der Waals surface area contributed by atoms with Crippen LogP contribution in [0.2, 0.25) is 0 Å². The van der Waals surface area contributed by atoms with E-state index >= 15 is 0 Å². The minimum Gasteiger partial charge on any atom is -0.383 e. The largest absolute Gasteiger partial charge is 0.383 e. The second kappa shape index (κ2) is 4.79. The number of rotatable bonds is 4. The minimum atomic E-state index is -0.343. The van der Waals surface area contributed by atoms with Crippen molar-refractivity contribution >= 4 is 16.5 Å². The molecule has 0 saturated heterocycles. The van der Waals surface area contributed by atoms with E-state index in [1.807, 2.05) is 13.0 Å². The third-order valence-corrected chi connectivity index (χ3v) is 2.42. The number of aromatic amines is 1. The number of H-pyrrole nitrogens is 1. The zero-order valence-electron chi connectivity index (χ0n) is 7.96. The molecule has 1 atom stereocenters. The summed E-state index contributed by atoms with van der Waals surface area (Å²) in [6, 6.07) is 1.92. The molecular formula is C8H11N3O2S. The van der Waals surface area contributed by atoms with Gasteiger partial charge in [0.2, 0.25) is 0 Å². The Kier molecular flexibility index (Phi) is 3.68. The van der Waals surface area contributed by atoms with E-state index in [2.05, 4.69) is 9.69 Å². The number of ether oxygens (including phenoxy) is 1. The quantitative estimate of drug-likeness (QED) is 0.773. The average molecular weight is 213 g/mol. The summed E-state index contributed by atoms with van der Waals surface area (Å²) in [5.41, 5.74) is -0.206. The molecule has 14 heavy (non-hydrogen) atoms. The van der Waals surface area contributed by atoms with Gasteiger partial charge in [0.05, 0.1) is 6.61 Å². The number of nitrogens with one attached hydrogen (secondary N) is 2. The topological polar surface area (TPSA) is 77.9 Å². The van der Waals surface area contributed by atoms with Crippen LogP contribution in [0, 0.1) is 11.3 Å². The molecule has 0 aliphatic rings. The molecule has 1 unspecified atom stereocenters. The number of nitriles is 1. The number of methoxy groups -OCH3 is 1. The fourth-order valence-corrected chi connectivity index (χ4v) is 1.82. The molecule has 1 aromatic rings. The van der Waals surface area contributed by atoms with Crippen LogP contribution in [0.1, 0.15) is 12.5 Å². The van der Waals surface area contributed by atoms with Crippen LogP contribution in [0.15, 0.2) is 4.79 Å². The Morgan fingerprint density at radius 1 is 1.79 bits per heavy atom. The summed E-state index contributed by atoms with van der Waals surface area (Å²) in [6.45, 7) is 2.44. The van der Waals surface area contributed by atoms with E-state index in [9.17, 15) is 4.79 Å². The highest BCUT2D eigenvalue weighted by Gasteiger charge is 2.11. The van der Waals surface area contributed by atoms with Crippen LogP contribution in [0.4, 0.5) is 5.00 Å². The zero-order valence-corrected chi connectivity index (χ0v) is 8.77. The lowest BCUT2D eigenvalue weighted by molar-refractivity contribution is 0.190. The highest BCUT2D eigenvalue weighted by molar-refractivity contribution is 7.10. The highest BCUT2D eigenvalue weighted by atomic mass is 32.1. The molecule has 0 fully saturated rings. The smallest absolute Gasteiger partial charge is 0.278 e. The van der Waals surface area contributed by atoms with Gasteiger partial charge in [0.25, 0.3) is 5.56 Å². The van der Waals surface area contributed by atoms with Crippen LogP contribution in [0.3, 0.4) is 0 Å². The average Bonchev–Trinajstić information content (AvgIpc) is 2.47. The van der Waals surface area contributed by atoms with Crippen LogP contribution in [-0.2, 0) is 4.74 Å². The van der Waals surface area contributed by atoms with Crippen LogP contribution in [0.25, 0.3) is 0 Å². The maximum absolute atomic E-state index is 11.1. The van der Waals surface area contributed by atoms with Crippen molar-refractivity contribution in [1.29, 1.82) is 5.26 Å². The molecule has 1 rings (SSSR count). The lowest BCUT2D eigenvalue weighted by Gasteiger charge is -2.11. The van der Waals surface area contributed by atoms with Crippen LogP contribution >= 0.6 is 11.5 Å². The van der Waals surface area contributed by atoms with E-state index < -0.39 is 0 Å². The summed E-state index contributed by atoms with van der Waals surface area (Å²) >= 11 is 1.13. The lowest BCUT2D eigenvalue weighted by atomic mass is 10.3. The van der Waals surface area contributed by atoms with Gasteiger partial charge in [-0.2, -0.15) is 5.26 Å². The SMILES string of the molecule is COCC(C)Nc1s[nH]c(=O)c1C#N. The van der Waals surface area contributed by atoms with Gasteiger partial charge in [-0.1, -0.05) is 0 Å². The highest BCUT2D eigenvalue weighted by Crippen LogP contribution is 2.16. The Labute approximate surface area is 85.5 Å². The van der Waals surface area contributed by atoms with Gasteiger partial charge in [-0.3, -0.25) is 9.17 Å². The third kappa shape index (κ3) is 2.34. The predicted octanol–water partition coefficient (Wildman–Crippen LogP) is 0.755. The van der Waals surface area contributed by atoms with E-state index in [0.717, 1.165) is 11.5 Å². The van der Waals surface area contributed by atoms with Crippen LogP contribution < -0.4 is 10.9 Å². The number of hydrogen-bond donors (Lipinski definition) is 2. The first-order valence-electron chi connectivity index (χ1n) is 4.06. The van der Waals surface area contributed by atoms with Gasteiger partial charge in [-0.05, 0) is 18.5 Å². The molecule has 0 spiro atoms. The number of hydrogen-bond acceptors (Lipinski definition) is 5. The van der Waals surface area contributed by atoms with Gasteiger partial charge in [-0.15, -0.1) is 0 Å². The first-order valence-corrected chi connectivity index (χ1v) is 4.87. The summed E-state index contributed by atoms with van der Waals surface area (Å²) in [5, 5.41) is 12.3. The van der Waals surface area contributed by atoms with Crippen molar-refractivity contribution in [2.75, 3.05) is 19.0 Å². The van der Waals surface area contributed by atoms with Gasteiger partial charge in [-0.25, -0.2) is 0 Å². The van der Waals surface area contributed by atoms with Gasteiger partial charge in [0, 0.05) is 13.2 Å². The fourth-order valence-electron chi connectivity index (χ4n) is 1.02. The molecule has 1 aromatic heterocycles. The second-order valence-corrected chi connectivity index (χ2v) is 3.67. The fraction of sp³-hybridized carbons (Fsp3) is 0.500. The zero-order chi connectivity index (χ0) is 10.6. The molecule has 5 nitrogen and oxygen atoms in total. The van der Waals surface area contributed by atoms with E-state index in [1.165, 1.54) is 0 Å². The molecule has 0 aliphatic carbocycles. The molecule has 2 N–H and O–H groups in total. The van der Waals surface area contributed by atoms with Gasteiger partial charge in [0.1, 0.15) is 11.1 Å². The van der Waals surface area contributed by atoms with E-state index in [4.69, 9.17) is 10.00 Å². The second-order valence-electron chi connectivity index (χ2n) is 2.85. The number of aromatic nitrogens is 1. The summed E-state index contributed by atoms with van der Waals surface area (Å²) in [7, 11) is 1.60. The number of nitrogens with zero attached hydrogens (tertiary/aromatic N) is 1. The molecule has 0 aromatic carbocycles. The van der Waals surface area contributed by atoms with Gasteiger partial charge >= 0.3 is 0 Å². The molecule has 0 radical (unpaired) electrons. The Hall–Kier alpha value is -1.32. The third-order valence-electron chi connectivity index (χ3n) is 1.61. The molecule has 1 heterocycles. The Morgan fingerprint density at radius 2 is 2.50 bits per heavy atom. The molecule has 6 heteroatoms. The van der Waals surface area contributed by atoms with Crippen LogP contribution in [-0.4, -0.2) is 24.1 Å². The summed E-state index contributed by atoms with van der Waals surface area (Å²) < 4.78 is 7.42. The lowest BCUT2D eigenvalue weighted by Crippen LogP contribution is -2.21. The van der Waals surface area contributed by atoms with Crippen molar-refractivity contribution in [3.63, 3.8) is 0 Å². The Balaban J connectivity index is 2.77. The van der Waals surface area contributed by atoms with Crippen molar-refractivity contribution < 1.29 is 4.74 Å². The van der Waals surface area contributed by atoms with Crippen molar-refractivity contribution in [2.24, 2.45) is 0 Å². The Morgan fingerprint density at radius 3 is 3.07 bits per heavy atom. The maximum atomic E-state index is 11.1. The summed E-state index contributed by atoms with van der Waals surface area (Å²) in [6.07, 6.45) is 0. The first kappa shape index (κ1) is 10.8. The van der Waals surface area contributed by atoms with E-state index in [0.29, 0.717) is 11.6 Å². The van der Waals surface area contributed by atoms with E-state index in [1.54, 1.807) is 7.11 Å². The van der Waals surface area contributed by atoms with Gasteiger partial charge < -0.3 is 10.1 Å². The minimum absolute atomic E-state index is 0.0681. The molecule has 0 saturated carbocycles. The maximum Gasteiger partial charge on any atom is 0.278 e. The Bertz CT molecular complexity index is 390. The summed E-state index contributed by atoms with van der Waals surface area (Å²) in [5.74, 6) is 0. The first-order chi connectivity index (χ1) is 6.69. The normalized spacial score (nSPS) is 12.1. The molecule has 76 valence electrons. The predicted molar refractivity (Wildman–Crippen MR) is 54.6 cm³/mol. The summed E-state index contributed by atoms with van der Waals surface area (Å²) in [4.78, 5) is 11.1. The van der Waals surface area contributed by atoms with E-state index in [-0.39, 0.29) is 17.2 Å². The van der Waals surface area contributed by atoms with Crippen molar-refractivity contribution in [2.45, 2.75) is 13.0 Å². The van der Waals surface area contributed by atoms with Crippen molar-refractivity contribution in [1.82, 2.24) is 4.37 Å². The van der Waals surface area contributed by atoms with Crippen LogP contribution in [0.5, 0.6) is 0 Å². The van der Waals surface area contributed by atoms with Crippen molar-refractivity contribution in [3.8, 4) is 6.07 Å². The molecule has 0 bridgehead atoms. The molecule has 0 aliphatic heterocycles.